The summed E-state index contributed by atoms with van der Waals surface area (Å²) in [7, 11) is 0. The molecule has 1 aromatic rings. The summed E-state index contributed by atoms with van der Waals surface area (Å²) < 4.78 is 5.03. The third-order valence-electron chi connectivity index (χ3n) is 2.32. The Morgan fingerprint density at radius 1 is 1.69 bits per heavy atom. The molecule has 0 fully saturated rings. The minimum atomic E-state index is -0.162. The van der Waals surface area contributed by atoms with Gasteiger partial charge in [0.2, 0.25) is 0 Å². The van der Waals surface area contributed by atoms with Crippen molar-refractivity contribution in [3.8, 4) is 0 Å². The van der Waals surface area contributed by atoms with Crippen LogP contribution in [0.1, 0.15) is 30.5 Å². The molecule has 2 heterocycles. The smallest absolute Gasteiger partial charge is 0.315 e. The molecule has 0 aromatic carbocycles. The molecule has 68 valence electrons. The Morgan fingerprint density at radius 3 is 3.31 bits per heavy atom. The Balaban J connectivity index is 2.45. The molecule has 0 saturated heterocycles. The number of pyridine rings is 1. The molecule has 0 N–H and O–H groups in total. The lowest BCUT2D eigenvalue weighted by Gasteiger charge is -2.21. The van der Waals surface area contributed by atoms with Gasteiger partial charge in [-0.05, 0) is 12.5 Å². The number of carbonyl (C=O) groups is 1. The van der Waals surface area contributed by atoms with Crippen molar-refractivity contribution < 1.29 is 9.53 Å². The molecule has 0 aliphatic carbocycles. The standard InChI is InChI=1S/C10H11NO2/c1-2-8-9-7(4-3-5-11-9)6-13-10(8)12/h3-5,8H,2,6H2,1H3. The van der Waals surface area contributed by atoms with Crippen LogP contribution < -0.4 is 0 Å². The molecule has 3 nitrogen and oxygen atoms in total. The van der Waals surface area contributed by atoms with E-state index in [1.165, 1.54) is 0 Å². The molecule has 0 amide bonds. The molecular formula is C10H11NO2. The van der Waals surface area contributed by atoms with E-state index in [9.17, 15) is 4.79 Å². The second-order valence-electron chi connectivity index (χ2n) is 3.12. The average molecular weight is 177 g/mol. The van der Waals surface area contributed by atoms with Gasteiger partial charge in [-0.1, -0.05) is 13.0 Å². The summed E-state index contributed by atoms with van der Waals surface area (Å²) in [6.45, 7) is 2.34. The van der Waals surface area contributed by atoms with E-state index < -0.39 is 0 Å². The summed E-state index contributed by atoms with van der Waals surface area (Å²) in [4.78, 5) is 15.5. The molecule has 0 spiro atoms. The molecule has 3 heteroatoms. The molecule has 1 unspecified atom stereocenters. The fourth-order valence-corrected chi connectivity index (χ4v) is 1.61. The zero-order valence-corrected chi connectivity index (χ0v) is 7.49. The molecule has 1 atom stereocenters. The highest BCUT2D eigenvalue weighted by atomic mass is 16.5. The van der Waals surface area contributed by atoms with Crippen LogP contribution in [0.25, 0.3) is 0 Å². The van der Waals surface area contributed by atoms with Gasteiger partial charge >= 0.3 is 5.97 Å². The first-order chi connectivity index (χ1) is 6.33. The predicted molar refractivity (Wildman–Crippen MR) is 47.1 cm³/mol. The van der Waals surface area contributed by atoms with Crippen molar-refractivity contribution in [3.05, 3.63) is 29.6 Å². The number of cyclic esters (lactones) is 1. The SMILES string of the molecule is CCC1C(=O)OCc2cccnc21. The lowest BCUT2D eigenvalue weighted by atomic mass is 9.96. The van der Waals surface area contributed by atoms with E-state index in [2.05, 4.69) is 4.98 Å². The van der Waals surface area contributed by atoms with Crippen LogP contribution >= 0.6 is 0 Å². The van der Waals surface area contributed by atoms with Gasteiger partial charge in [-0.15, -0.1) is 0 Å². The molecule has 2 rings (SSSR count). The Hall–Kier alpha value is -1.38. The van der Waals surface area contributed by atoms with Crippen LogP contribution in [-0.2, 0) is 16.1 Å². The molecule has 1 aliphatic heterocycles. The van der Waals surface area contributed by atoms with Crippen LogP contribution in [0.3, 0.4) is 0 Å². The highest BCUT2D eigenvalue weighted by molar-refractivity contribution is 5.79. The second kappa shape index (κ2) is 3.17. The maximum Gasteiger partial charge on any atom is 0.315 e. The second-order valence-corrected chi connectivity index (χ2v) is 3.12. The van der Waals surface area contributed by atoms with Gasteiger partial charge < -0.3 is 4.74 Å². The Kier molecular flexibility index (Phi) is 2.00. The number of rotatable bonds is 1. The van der Waals surface area contributed by atoms with Crippen molar-refractivity contribution in [2.45, 2.75) is 25.9 Å². The van der Waals surface area contributed by atoms with Gasteiger partial charge in [-0.2, -0.15) is 0 Å². The number of carbonyl (C=O) groups excluding carboxylic acids is 1. The van der Waals surface area contributed by atoms with Crippen molar-refractivity contribution in [3.63, 3.8) is 0 Å². The van der Waals surface area contributed by atoms with Gasteiger partial charge in [-0.25, -0.2) is 0 Å². The zero-order chi connectivity index (χ0) is 9.26. The number of nitrogens with zero attached hydrogens (tertiary/aromatic N) is 1. The quantitative estimate of drug-likeness (QED) is 0.612. The van der Waals surface area contributed by atoms with E-state index in [1.807, 2.05) is 19.1 Å². The lowest BCUT2D eigenvalue weighted by molar-refractivity contribution is -0.148. The molecule has 0 saturated carbocycles. The molecule has 0 bridgehead atoms. The van der Waals surface area contributed by atoms with E-state index >= 15 is 0 Å². The van der Waals surface area contributed by atoms with Crippen molar-refractivity contribution in [2.75, 3.05) is 0 Å². The van der Waals surface area contributed by atoms with E-state index in [0.717, 1.165) is 17.7 Å². The van der Waals surface area contributed by atoms with E-state index in [1.54, 1.807) is 6.20 Å². The van der Waals surface area contributed by atoms with Crippen molar-refractivity contribution in [2.24, 2.45) is 0 Å². The Bertz CT molecular complexity index is 335. The first-order valence-electron chi connectivity index (χ1n) is 4.43. The molecule has 13 heavy (non-hydrogen) atoms. The summed E-state index contributed by atoms with van der Waals surface area (Å²) in [5, 5.41) is 0. The first kappa shape index (κ1) is 8.23. The summed E-state index contributed by atoms with van der Waals surface area (Å²) in [5.74, 6) is -0.307. The van der Waals surface area contributed by atoms with E-state index in [-0.39, 0.29) is 11.9 Å². The number of fused-ring (bicyclic) bond motifs is 1. The van der Waals surface area contributed by atoms with Gasteiger partial charge in [0.15, 0.2) is 0 Å². The third-order valence-corrected chi connectivity index (χ3v) is 2.32. The van der Waals surface area contributed by atoms with Crippen molar-refractivity contribution in [1.29, 1.82) is 0 Å². The highest BCUT2D eigenvalue weighted by Gasteiger charge is 2.28. The average Bonchev–Trinajstić information content (AvgIpc) is 2.18. The fraction of sp³-hybridized carbons (Fsp3) is 0.400. The number of esters is 1. The van der Waals surface area contributed by atoms with Crippen LogP contribution in [0.4, 0.5) is 0 Å². The largest absolute Gasteiger partial charge is 0.460 e. The van der Waals surface area contributed by atoms with Crippen LogP contribution in [0, 0.1) is 0 Å². The van der Waals surface area contributed by atoms with Crippen LogP contribution in [-0.4, -0.2) is 11.0 Å². The molecule has 1 aliphatic rings. The molecule has 0 radical (unpaired) electrons. The Labute approximate surface area is 76.7 Å². The first-order valence-corrected chi connectivity index (χ1v) is 4.43. The minimum absolute atomic E-state index is 0.145. The van der Waals surface area contributed by atoms with Crippen LogP contribution in [0.5, 0.6) is 0 Å². The summed E-state index contributed by atoms with van der Waals surface area (Å²) in [5.41, 5.74) is 1.93. The van der Waals surface area contributed by atoms with Crippen LogP contribution in [0.15, 0.2) is 18.3 Å². The lowest BCUT2D eigenvalue weighted by Crippen LogP contribution is -2.23. The van der Waals surface area contributed by atoms with Crippen LogP contribution in [0.2, 0.25) is 0 Å². The third kappa shape index (κ3) is 1.30. The topological polar surface area (TPSA) is 39.2 Å². The monoisotopic (exact) mass is 177 g/mol. The number of hydrogen-bond donors (Lipinski definition) is 0. The van der Waals surface area contributed by atoms with Crippen molar-refractivity contribution in [1.82, 2.24) is 4.98 Å². The zero-order valence-electron chi connectivity index (χ0n) is 7.49. The van der Waals surface area contributed by atoms with E-state index in [4.69, 9.17) is 4.74 Å². The predicted octanol–water partition coefficient (Wildman–Crippen LogP) is 1.63. The van der Waals surface area contributed by atoms with Crippen molar-refractivity contribution >= 4 is 5.97 Å². The normalized spacial score (nSPS) is 20.7. The van der Waals surface area contributed by atoms with Gasteiger partial charge in [0, 0.05) is 11.8 Å². The Morgan fingerprint density at radius 2 is 2.54 bits per heavy atom. The maximum atomic E-state index is 11.3. The number of aromatic nitrogens is 1. The van der Waals surface area contributed by atoms with Gasteiger partial charge in [0.05, 0.1) is 11.6 Å². The molecular weight excluding hydrogens is 166 g/mol. The summed E-state index contributed by atoms with van der Waals surface area (Å²) in [6, 6.07) is 3.82. The number of hydrogen-bond acceptors (Lipinski definition) is 3. The minimum Gasteiger partial charge on any atom is -0.460 e. The fourth-order valence-electron chi connectivity index (χ4n) is 1.61. The molecule has 1 aromatic heterocycles. The summed E-state index contributed by atoms with van der Waals surface area (Å²) >= 11 is 0. The maximum absolute atomic E-state index is 11.3. The summed E-state index contributed by atoms with van der Waals surface area (Å²) in [6.07, 6.45) is 2.48. The van der Waals surface area contributed by atoms with Gasteiger partial charge in [0.25, 0.3) is 0 Å². The number of ether oxygens (including phenoxy) is 1. The highest BCUT2D eigenvalue weighted by Crippen LogP contribution is 2.27. The van der Waals surface area contributed by atoms with Gasteiger partial charge in [-0.3, -0.25) is 9.78 Å². The van der Waals surface area contributed by atoms with E-state index in [0.29, 0.717) is 6.61 Å². The van der Waals surface area contributed by atoms with Gasteiger partial charge in [0.1, 0.15) is 6.61 Å².